The Morgan fingerprint density at radius 3 is 2.00 bits per heavy atom. The number of phenolic OH excluding ortho intramolecular Hbond substituents is 2. The normalized spacial score (nSPS) is 10.1. The quantitative estimate of drug-likeness (QED) is 0.629. The molecule has 0 saturated carbocycles. The number of phenols is 2. The maximum atomic E-state index is 10.8. The number of rotatable bonds is 2. The van der Waals surface area contributed by atoms with E-state index in [4.69, 9.17) is 4.74 Å². The Morgan fingerprint density at radius 1 is 0.944 bits per heavy atom. The van der Waals surface area contributed by atoms with Crippen LogP contribution in [-0.4, -0.2) is 16.2 Å². The molecule has 0 unspecified atom stereocenters. The van der Waals surface area contributed by atoms with Crippen LogP contribution in [0.3, 0.4) is 0 Å². The molecule has 18 heavy (non-hydrogen) atoms. The van der Waals surface area contributed by atoms with Crippen molar-refractivity contribution in [1.82, 2.24) is 0 Å². The molecule has 2 rings (SSSR count). The van der Waals surface area contributed by atoms with Gasteiger partial charge in [0.25, 0.3) is 0 Å². The van der Waals surface area contributed by atoms with E-state index in [-0.39, 0.29) is 17.5 Å². The fraction of sp³-hybridized carbons (Fsp3) is 0.0714. The zero-order chi connectivity index (χ0) is 13.1. The first kappa shape index (κ1) is 12.0. The van der Waals surface area contributed by atoms with Crippen molar-refractivity contribution >= 4 is 5.97 Å². The SMILES string of the molecule is CC(=O)Oc1ccc(-c2cc(O)cc(O)c2)cc1. The third-order valence-electron chi connectivity index (χ3n) is 2.35. The molecular weight excluding hydrogens is 232 g/mol. The van der Waals surface area contributed by atoms with E-state index in [1.54, 1.807) is 36.4 Å². The molecular formula is C14H12O4. The first-order chi connectivity index (χ1) is 8.54. The lowest BCUT2D eigenvalue weighted by atomic mass is 10.1. The van der Waals surface area contributed by atoms with Crippen molar-refractivity contribution in [2.75, 3.05) is 0 Å². The van der Waals surface area contributed by atoms with Crippen molar-refractivity contribution in [3.05, 3.63) is 42.5 Å². The Kier molecular flexibility index (Phi) is 3.19. The highest BCUT2D eigenvalue weighted by Crippen LogP contribution is 2.29. The molecule has 4 nitrogen and oxygen atoms in total. The molecule has 0 bridgehead atoms. The summed E-state index contributed by atoms with van der Waals surface area (Å²) in [5.74, 6) is 0.0662. The van der Waals surface area contributed by atoms with E-state index in [1.165, 1.54) is 13.0 Å². The number of hydrogen-bond donors (Lipinski definition) is 2. The first-order valence-electron chi connectivity index (χ1n) is 5.36. The van der Waals surface area contributed by atoms with Gasteiger partial charge < -0.3 is 14.9 Å². The smallest absolute Gasteiger partial charge is 0.308 e. The maximum Gasteiger partial charge on any atom is 0.308 e. The van der Waals surface area contributed by atoms with Crippen LogP contribution in [0.15, 0.2) is 42.5 Å². The van der Waals surface area contributed by atoms with E-state index in [0.717, 1.165) is 5.56 Å². The highest BCUT2D eigenvalue weighted by atomic mass is 16.5. The predicted molar refractivity (Wildman–Crippen MR) is 66.5 cm³/mol. The first-order valence-corrected chi connectivity index (χ1v) is 5.36. The summed E-state index contributed by atoms with van der Waals surface area (Å²) < 4.78 is 4.91. The average molecular weight is 244 g/mol. The lowest BCUT2D eigenvalue weighted by molar-refractivity contribution is -0.131. The number of ether oxygens (including phenoxy) is 1. The predicted octanol–water partition coefficient (Wildman–Crippen LogP) is 2.69. The lowest BCUT2D eigenvalue weighted by Gasteiger charge is -2.05. The van der Waals surface area contributed by atoms with Gasteiger partial charge in [-0.05, 0) is 35.4 Å². The maximum absolute atomic E-state index is 10.8. The van der Waals surface area contributed by atoms with Crippen LogP contribution in [0.5, 0.6) is 17.2 Å². The van der Waals surface area contributed by atoms with E-state index in [1.807, 2.05) is 0 Å². The van der Waals surface area contributed by atoms with Crippen LogP contribution in [0.25, 0.3) is 11.1 Å². The van der Waals surface area contributed by atoms with E-state index in [0.29, 0.717) is 11.3 Å². The van der Waals surface area contributed by atoms with Gasteiger partial charge in [-0.25, -0.2) is 0 Å². The van der Waals surface area contributed by atoms with E-state index < -0.39 is 0 Å². The van der Waals surface area contributed by atoms with Gasteiger partial charge in [0.05, 0.1) is 0 Å². The van der Waals surface area contributed by atoms with Crippen LogP contribution in [-0.2, 0) is 4.79 Å². The second-order valence-electron chi connectivity index (χ2n) is 3.86. The summed E-state index contributed by atoms with van der Waals surface area (Å²) in [5.41, 5.74) is 1.49. The highest BCUT2D eigenvalue weighted by Gasteiger charge is 2.03. The van der Waals surface area contributed by atoms with Crippen molar-refractivity contribution in [3.63, 3.8) is 0 Å². The molecule has 0 aromatic heterocycles. The minimum atomic E-state index is -0.377. The molecule has 0 heterocycles. The molecule has 2 aromatic carbocycles. The summed E-state index contributed by atoms with van der Waals surface area (Å²) in [6.07, 6.45) is 0. The zero-order valence-electron chi connectivity index (χ0n) is 9.75. The van der Waals surface area contributed by atoms with Gasteiger partial charge in [-0.1, -0.05) is 12.1 Å². The molecule has 0 radical (unpaired) electrons. The summed E-state index contributed by atoms with van der Waals surface area (Å²) >= 11 is 0. The molecule has 0 aliphatic heterocycles. The van der Waals surface area contributed by atoms with Gasteiger partial charge in [0.15, 0.2) is 0 Å². The van der Waals surface area contributed by atoms with Crippen molar-refractivity contribution < 1.29 is 19.7 Å². The second kappa shape index (κ2) is 4.79. The van der Waals surface area contributed by atoms with Gasteiger partial charge in [-0.15, -0.1) is 0 Å². The summed E-state index contributed by atoms with van der Waals surface area (Å²) in [6, 6.07) is 11.1. The molecule has 0 aliphatic rings. The average Bonchev–Trinajstić information content (AvgIpc) is 2.27. The number of carbonyl (C=O) groups excluding carboxylic acids is 1. The van der Waals surface area contributed by atoms with Crippen LogP contribution < -0.4 is 4.74 Å². The van der Waals surface area contributed by atoms with Crippen molar-refractivity contribution in [2.24, 2.45) is 0 Å². The number of aromatic hydroxyl groups is 2. The van der Waals surface area contributed by atoms with Gasteiger partial charge in [-0.2, -0.15) is 0 Å². The summed E-state index contributed by atoms with van der Waals surface area (Å²) in [7, 11) is 0. The minimum absolute atomic E-state index is 0.00550. The Balaban J connectivity index is 2.31. The third-order valence-corrected chi connectivity index (χ3v) is 2.35. The Hall–Kier alpha value is -2.49. The Morgan fingerprint density at radius 2 is 1.50 bits per heavy atom. The molecule has 0 amide bonds. The van der Waals surface area contributed by atoms with Crippen molar-refractivity contribution in [2.45, 2.75) is 6.92 Å². The summed E-state index contributed by atoms with van der Waals surface area (Å²) in [4.78, 5) is 10.8. The molecule has 92 valence electrons. The van der Waals surface area contributed by atoms with Gasteiger partial charge in [0.2, 0.25) is 0 Å². The fourth-order valence-electron chi connectivity index (χ4n) is 1.64. The van der Waals surface area contributed by atoms with Crippen molar-refractivity contribution in [1.29, 1.82) is 0 Å². The standard InChI is InChI=1S/C14H12O4/c1-9(15)18-14-4-2-10(3-5-14)11-6-12(16)8-13(17)7-11/h2-8,16-17H,1H3. The monoisotopic (exact) mass is 244 g/mol. The van der Waals surface area contributed by atoms with Crippen LogP contribution in [0.2, 0.25) is 0 Å². The number of hydrogen-bond acceptors (Lipinski definition) is 4. The van der Waals surface area contributed by atoms with E-state index in [2.05, 4.69) is 0 Å². The second-order valence-corrected chi connectivity index (χ2v) is 3.86. The van der Waals surface area contributed by atoms with Gasteiger partial charge >= 0.3 is 5.97 Å². The highest BCUT2D eigenvalue weighted by molar-refractivity contribution is 5.71. The molecule has 0 spiro atoms. The number of esters is 1. The lowest BCUT2D eigenvalue weighted by Crippen LogP contribution is -2.00. The molecule has 2 N–H and O–H groups in total. The van der Waals surface area contributed by atoms with E-state index >= 15 is 0 Å². The van der Waals surface area contributed by atoms with Crippen LogP contribution in [0.1, 0.15) is 6.92 Å². The molecule has 2 aromatic rings. The summed E-state index contributed by atoms with van der Waals surface area (Å²) in [5, 5.41) is 18.8. The van der Waals surface area contributed by atoms with Crippen molar-refractivity contribution in [3.8, 4) is 28.4 Å². The Labute approximate surface area is 104 Å². The zero-order valence-corrected chi connectivity index (χ0v) is 9.75. The Bertz CT molecular complexity index is 553. The molecule has 0 fully saturated rings. The third kappa shape index (κ3) is 2.79. The molecule has 0 saturated heterocycles. The topological polar surface area (TPSA) is 66.8 Å². The molecule has 0 atom stereocenters. The van der Waals surface area contributed by atoms with E-state index in [9.17, 15) is 15.0 Å². The van der Waals surface area contributed by atoms with Gasteiger partial charge in [0, 0.05) is 13.0 Å². The number of carbonyl (C=O) groups is 1. The number of benzene rings is 2. The van der Waals surface area contributed by atoms with Gasteiger partial charge in [-0.3, -0.25) is 4.79 Å². The van der Waals surface area contributed by atoms with Crippen LogP contribution >= 0.6 is 0 Å². The largest absolute Gasteiger partial charge is 0.508 e. The van der Waals surface area contributed by atoms with Gasteiger partial charge in [0.1, 0.15) is 17.2 Å². The van der Waals surface area contributed by atoms with Crippen LogP contribution in [0, 0.1) is 0 Å². The molecule has 0 aliphatic carbocycles. The fourth-order valence-corrected chi connectivity index (χ4v) is 1.64. The minimum Gasteiger partial charge on any atom is -0.508 e. The summed E-state index contributed by atoms with van der Waals surface area (Å²) in [6.45, 7) is 1.33. The van der Waals surface area contributed by atoms with Crippen LogP contribution in [0.4, 0.5) is 0 Å². The molecule has 4 heteroatoms.